The normalized spacial score (nSPS) is 23.0. The molecule has 1 aromatic rings. The minimum absolute atomic E-state index is 0.0123. The van der Waals surface area contributed by atoms with Crippen molar-refractivity contribution in [2.24, 2.45) is 10.7 Å². The molecule has 18 heavy (non-hydrogen) atoms. The molecule has 2 aliphatic heterocycles. The Balaban J connectivity index is 2.24. The molecule has 2 aliphatic rings. The van der Waals surface area contributed by atoms with Crippen molar-refractivity contribution < 1.29 is 13.2 Å². The van der Waals surface area contributed by atoms with Crippen molar-refractivity contribution in [1.29, 1.82) is 0 Å². The van der Waals surface area contributed by atoms with Gasteiger partial charge in [-0.15, -0.1) is 0 Å². The van der Waals surface area contributed by atoms with E-state index in [1.165, 1.54) is 6.07 Å². The highest BCUT2D eigenvalue weighted by molar-refractivity contribution is 7.92. The lowest BCUT2D eigenvalue weighted by atomic mass is 9.95. The smallest absolute Gasteiger partial charge is 0.248 e. The molecule has 0 bridgehead atoms. The number of primary amides is 1. The van der Waals surface area contributed by atoms with Crippen molar-refractivity contribution in [3.63, 3.8) is 0 Å². The minimum Gasteiger partial charge on any atom is -0.366 e. The lowest BCUT2D eigenvalue weighted by Crippen LogP contribution is -2.16. The molecule has 0 saturated carbocycles. The first-order chi connectivity index (χ1) is 8.46. The Morgan fingerprint density at radius 2 is 2.22 bits per heavy atom. The predicted octanol–water partition coefficient (Wildman–Crippen LogP) is 0.730. The Morgan fingerprint density at radius 1 is 1.44 bits per heavy atom. The molecule has 7 heteroatoms. The van der Waals surface area contributed by atoms with Crippen LogP contribution in [0.5, 0.6) is 0 Å². The number of anilines is 1. The summed E-state index contributed by atoms with van der Waals surface area (Å²) < 4.78 is 25.9. The zero-order valence-electron chi connectivity index (χ0n) is 9.38. The van der Waals surface area contributed by atoms with Gasteiger partial charge < -0.3 is 5.73 Å². The molecule has 1 amide bonds. The number of rotatable bonds is 1. The van der Waals surface area contributed by atoms with Gasteiger partial charge in [-0.1, -0.05) is 0 Å². The molecule has 1 unspecified atom stereocenters. The number of sulfonamides is 1. The number of carbonyl (C=O) groups is 1. The Morgan fingerprint density at radius 3 is 2.94 bits per heavy atom. The first-order valence-corrected chi connectivity index (χ1v) is 7.14. The number of nitrogens with two attached hydrogens (primary N) is 1. The van der Waals surface area contributed by atoms with Crippen LogP contribution >= 0.6 is 0 Å². The van der Waals surface area contributed by atoms with Crippen molar-refractivity contribution in [1.82, 2.24) is 0 Å². The zero-order valence-corrected chi connectivity index (χ0v) is 10.2. The quantitative estimate of drug-likeness (QED) is 0.782. The zero-order chi connectivity index (χ0) is 12.9. The molecule has 6 nitrogen and oxygen atoms in total. The van der Waals surface area contributed by atoms with Gasteiger partial charge in [0, 0.05) is 23.3 Å². The highest BCUT2D eigenvalue weighted by Crippen LogP contribution is 2.42. The summed E-state index contributed by atoms with van der Waals surface area (Å²) >= 11 is 0. The largest absolute Gasteiger partial charge is 0.366 e. The van der Waals surface area contributed by atoms with Crippen molar-refractivity contribution in [2.45, 2.75) is 12.3 Å². The maximum Gasteiger partial charge on any atom is 0.248 e. The number of nitrogens with zero attached hydrogens (tertiary/aromatic N) is 1. The fourth-order valence-electron chi connectivity index (χ4n) is 2.33. The summed E-state index contributed by atoms with van der Waals surface area (Å²) in [6, 6.07) is 3.07. The Kier molecular flexibility index (Phi) is 2.21. The highest BCUT2D eigenvalue weighted by Gasteiger charge is 2.30. The van der Waals surface area contributed by atoms with E-state index in [0.29, 0.717) is 17.8 Å². The van der Waals surface area contributed by atoms with Gasteiger partial charge in [0.1, 0.15) is 0 Å². The van der Waals surface area contributed by atoms with E-state index in [2.05, 4.69) is 9.71 Å². The highest BCUT2D eigenvalue weighted by atomic mass is 32.2. The summed E-state index contributed by atoms with van der Waals surface area (Å²) in [7, 11) is -3.35. The van der Waals surface area contributed by atoms with Gasteiger partial charge in [0.05, 0.1) is 17.1 Å². The van der Waals surface area contributed by atoms with E-state index in [9.17, 15) is 13.2 Å². The fraction of sp³-hybridized carbons (Fsp3) is 0.273. The maximum atomic E-state index is 11.7. The van der Waals surface area contributed by atoms with Crippen LogP contribution in [0.4, 0.5) is 11.4 Å². The topological polar surface area (TPSA) is 102 Å². The Bertz CT molecular complexity index is 679. The standard InChI is InChI=1S/C11H11N3O3S/c12-11(15)7-3-8-10-6(5-13-8)1-2-18(16,17)14-9(10)4-7/h3-6,14H,1-2H2,(H2,12,15). The number of aliphatic imine (C=N–C) groups is 1. The van der Waals surface area contributed by atoms with Crippen LogP contribution in [0.15, 0.2) is 17.1 Å². The monoisotopic (exact) mass is 265 g/mol. The van der Waals surface area contributed by atoms with Gasteiger partial charge in [0.2, 0.25) is 15.9 Å². The van der Waals surface area contributed by atoms with Crippen molar-refractivity contribution in [3.8, 4) is 0 Å². The van der Waals surface area contributed by atoms with Crippen LogP contribution < -0.4 is 10.5 Å². The molecule has 1 atom stereocenters. The second-order valence-electron chi connectivity index (χ2n) is 4.42. The molecule has 3 N–H and O–H groups in total. The molecular formula is C11H11N3O3S. The van der Waals surface area contributed by atoms with Gasteiger partial charge in [-0.3, -0.25) is 14.5 Å². The molecule has 0 aliphatic carbocycles. The Labute approximate surface area is 104 Å². The fourth-order valence-corrected chi connectivity index (χ4v) is 3.50. The minimum atomic E-state index is -3.35. The summed E-state index contributed by atoms with van der Waals surface area (Å²) in [5, 5.41) is 0. The molecule has 1 aromatic carbocycles. The molecule has 0 saturated heterocycles. The second-order valence-corrected chi connectivity index (χ2v) is 6.26. The van der Waals surface area contributed by atoms with Crippen LogP contribution in [0.3, 0.4) is 0 Å². The van der Waals surface area contributed by atoms with E-state index in [1.807, 2.05) is 0 Å². The van der Waals surface area contributed by atoms with E-state index in [-0.39, 0.29) is 17.2 Å². The molecule has 3 rings (SSSR count). The summed E-state index contributed by atoms with van der Waals surface area (Å²) in [5.74, 6) is -0.568. The third-order valence-corrected chi connectivity index (χ3v) is 4.47. The molecule has 0 fully saturated rings. The van der Waals surface area contributed by atoms with E-state index in [0.717, 1.165) is 5.56 Å². The first-order valence-electron chi connectivity index (χ1n) is 5.49. The van der Waals surface area contributed by atoms with Gasteiger partial charge >= 0.3 is 0 Å². The molecular weight excluding hydrogens is 254 g/mol. The maximum absolute atomic E-state index is 11.7. The van der Waals surface area contributed by atoms with Crippen LogP contribution in [-0.2, 0) is 10.0 Å². The molecule has 94 valence electrons. The first kappa shape index (κ1) is 11.2. The van der Waals surface area contributed by atoms with Crippen LogP contribution in [0, 0.1) is 0 Å². The van der Waals surface area contributed by atoms with Gasteiger partial charge in [0.25, 0.3) is 0 Å². The van der Waals surface area contributed by atoms with Gasteiger partial charge in [-0.25, -0.2) is 8.42 Å². The van der Waals surface area contributed by atoms with E-state index >= 15 is 0 Å². The van der Waals surface area contributed by atoms with Crippen molar-refractivity contribution in [2.75, 3.05) is 10.5 Å². The second kappa shape index (κ2) is 3.55. The Hall–Kier alpha value is -1.89. The molecule has 0 aromatic heterocycles. The van der Waals surface area contributed by atoms with Crippen LogP contribution in [-0.4, -0.2) is 26.3 Å². The van der Waals surface area contributed by atoms with Crippen LogP contribution in [0.2, 0.25) is 0 Å². The SMILES string of the molecule is NC(=O)c1cc2c3c(c1)NS(=O)(=O)CCC3C=N2. The summed E-state index contributed by atoms with van der Waals surface area (Å²) in [5.41, 5.74) is 7.35. The lowest BCUT2D eigenvalue weighted by molar-refractivity contribution is 0.100. The number of hydrogen-bond acceptors (Lipinski definition) is 4. The van der Waals surface area contributed by atoms with E-state index in [1.54, 1.807) is 12.3 Å². The van der Waals surface area contributed by atoms with Crippen LogP contribution in [0.1, 0.15) is 28.3 Å². The van der Waals surface area contributed by atoms with Gasteiger partial charge in [0.15, 0.2) is 0 Å². The number of nitrogens with one attached hydrogen (secondary N) is 1. The summed E-state index contributed by atoms with van der Waals surface area (Å²) in [6.45, 7) is 0. The van der Waals surface area contributed by atoms with E-state index < -0.39 is 15.9 Å². The van der Waals surface area contributed by atoms with Crippen molar-refractivity contribution >= 4 is 33.5 Å². The average molecular weight is 265 g/mol. The third kappa shape index (κ3) is 1.67. The number of amides is 1. The summed E-state index contributed by atoms with van der Waals surface area (Å²) in [4.78, 5) is 15.4. The molecule has 0 spiro atoms. The third-order valence-electron chi connectivity index (χ3n) is 3.17. The molecule has 2 heterocycles. The van der Waals surface area contributed by atoms with Crippen LogP contribution in [0.25, 0.3) is 0 Å². The summed E-state index contributed by atoms with van der Waals surface area (Å²) in [6.07, 6.45) is 2.22. The molecule has 0 radical (unpaired) electrons. The number of benzene rings is 1. The number of carbonyl (C=O) groups excluding carboxylic acids is 1. The predicted molar refractivity (Wildman–Crippen MR) is 67.9 cm³/mol. The lowest BCUT2D eigenvalue weighted by Gasteiger charge is -2.11. The van der Waals surface area contributed by atoms with E-state index in [4.69, 9.17) is 5.73 Å². The average Bonchev–Trinajstić information content (AvgIpc) is 2.63. The van der Waals surface area contributed by atoms with Gasteiger partial charge in [-0.2, -0.15) is 0 Å². The number of hydrogen-bond donors (Lipinski definition) is 2. The van der Waals surface area contributed by atoms with Gasteiger partial charge in [-0.05, 0) is 18.6 Å². The van der Waals surface area contributed by atoms with Crippen molar-refractivity contribution in [3.05, 3.63) is 23.3 Å².